The predicted octanol–water partition coefficient (Wildman–Crippen LogP) is 4.40. The quantitative estimate of drug-likeness (QED) is 0.710. The molecule has 0 N–H and O–H groups in total. The molecule has 1 saturated carbocycles. The smallest absolute Gasteiger partial charge is 0.318 e. The summed E-state index contributed by atoms with van der Waals surface area (Å²) < 4.78 is 5.53. The lowest BCUT2D eigenvalue weighted by Gasteiger charge is -2.41. The van der Waals surface area contributed by atoms with Gasteiger partial charge in [0.2, 0.25) is 0 Å². The monoisotopic (exact) mass is 391 g/mol. The number of nitrogens with zero attached hydrogens (tertiary/aromatic N) is 1. The maximum atomic E-state index is 13.0. The molecule has 0 spiro atoms. The van der Waals surface area contributed by atoms with E-state index < -0.39 is 5.92 Å². The van der Waals surface area contributed by atoms with Crippen LogP contribution in [0.25, 0.3) is 0 Å². The summed E-state index contributed by atoms with van der Waals surface area (Å²) >= 11 is 0. The van der Waals surface area contributed by atoms with E-state index in [-0.39, 0.29) is 18.5 Å². The number of esters is 1. The number of fused-ring (bicyclic) bond motifs is 1. The lowest BCUT2D eigenvalue weighted by Crippen LogP contribution is -2.46. The van der Waals surface area contributed by atoms with E-state index in [4.69, 9.17) is 4.74 Å². The second-order valence-electron chi connectivity index (χ2n) is 8.30. The van der Waals surface area contributed by atoms with Crippen molar-refractivity contribution in [1.82, 2.24) is 4.90 Å². The molecule has 0 unspecified atom stereocenters. The van der Waals surface area contributed by atoms with E-state index in [0.29, 0.717) is 5.92 Å². The molecule has 0 radical (unpaired) electrons. The van der Waals surface area contributed by atoms with Crippen molar-refractivity contribution in [2.45, 2.75) is 38.0 Å². The third kappa shape index (κ3) is 4.69. The first-order valence-electron chi connectivity index (χ1n) is 10.8. The second kappa shape index (κ2) is 9.25. The van der Waals surface area contributed by atoms with Crippen molar-refractivity contribution in [3.63, 3.8) is 0 Å². The summed E-state index contributed by atoms with van der Waals surface area (Å²) in [6, 6.07) is 19.2. The van der Waals surface area contributed by atoms with Crippen LogP contribution in [-0.2, 0) is 14.3 Å². The molecular weight excluding hydrogens is 362 g/mol. The first kappa shape index (κ1) is 19.7. The van der Waals surface area contributed by atoms with Crippen molar-refractivity contribution < 1.29 is 14.3 Å². The molecule has 1 aliphatic carbocycles. The summed E-state index contributed by atoms with van der Waals surface area (Å²) in [7, 11) is 0. The van der Waals surface area contributed by atoms with Gasteiger partial charge in [-0.15, -0.1) is 0 Å². The zero-order chi connectivity index (χ0) is 20.1. The van der Waals surface area contributed by atoms with Gasteiger partial charge in [0, 0.05) is 13.1 Å². The number of ether oxygens (including phenoxy) is 1. The minimum absolute atomic E-state index is 0.0674. The van der Waals surface area contributed by atoms with Crippen molar-refractivity contribution in [1.29, 1.82) is 0 Å². The Kier molecular flexibility index (Phi) is 6.28. The van der Waals surface area contributed by atoms with E-state index >= 15 is 0 Å². The standard InChI is InChI=1S/C25H29NO3/c27-23(26-16-15-19-9-7-8-14-22(19)17-26)18-29-25(28)24(20-10-3-1-4-11-20)21-12-5-2-6-13-21/h1-6,10-13,19,22,24H,7-9,14-18H2/t19-,22-/m0/s1. The molecule has 1 heterocycles. The van der Waals surface area contributed by atoms with Gasteiger partial charge in [0.1, 0.15) is 5.92 Å². The van der Waals surface area contributed by atoms with Crippen LogP contribution in [0.1, 0.15) is 49.1 Å². The number of hydrogen-bond acceptors (Lipinski definition) is 3. The third-order valence-electron chi connectivity index (χ3n) is 6.48. The molecule has 0 aromatic heterocycles. The van der Waals surface area contributed by atoms with Crippen molar-refractivity contribution in [3.8, 4) is 0 Å². The van der Waals surface area contributed by atoms with Crippen LogP contribution < -0.4 is 0 Å². The molecule has 1 amide bonds. The van der Waals surface area contributed by atoms with Gasteiger partial charge in [0.25, 0.3) is 5.91 Å². The number of carbonyl (C=O) groups is 2. The van der Waals surface area contributed by atoms with E-state index in [1.165, 1.54) is 25.7 Å². The summed E-state index contributed by atoms with van der Waals surface area (Å²) in [6.45, 7) is 1.44. The van der Waals surface area contributed by atoms with Crippen LogP contribution in [0.3, 0.4) is 0 Å². The van der Waals surface area contributed by atoms with E-state index in [1.807, 2.05) is 65.6 Å². The first-order chi connectivity index (χ1) is 14.2. The molecule has 2 fully saturated rings. The van der Waals surface area contributed by atoms with Gasteiger partial charge in [-0.25, -0.2) is 0 Å². The number of hydrogen-bond donors (Lipinski definition) is 0. The van der Waals surface area contributed by atoms with Gasteiger partial charge >= 0.3 is 5.97 Å². The zero-order valence-electron chi connectivity index (χ0n) is 16.8. The fourth-order valence-corrected chi connectivity index (χ4v) is 4.89. The Bertz CT molecular complexity index is 781. The third-order valence-corrected chi connectivity index (χ3v) is 6.48. The maximum absolute atomic E-state index is 13.0. The Hall–Kier alpha value is -2.62. The number of piperidine rings is 1. The summed E-state index contributed by atoms with van der Waals surface area (Å²) in [4.78, 5) is 27.6. The van der Waals surface area contributed by atoms with Gasteiger partial charge < -0.3 is 9.64 Å². The van der Waals surface area contributed by atoms with Crippen LogP contribution in [0.2, 0.25) is 0 Å². The van der Waals surface area contributed by atoms with Crippen LogP contribution in [0, 0.1) is 11.8 Å². The van der Waals surface area contributed by atoms with Crippen LogP contribution in [0.15, 0.2) is 60.7 Å². The molecule has 4 nitrogen and oxygen atoms in total. The minimum Gasteiger partial charge on any atom is -0.455 e. The maximum Gasteiger partial charge on any atom is 0.318 e. The molecule has 2 aliphatic rings. The van der Waals surface area contributed by atoms with Crippen LogP contribution >= 0.6 is 0 Å². The van der Waals surface area contributed by atoms with Crippen LogP contribution in [-0.4, -0.2) is 36.5 Å². The van der Waals surface area contributed by atoms with Crippen LogP contribution in [0.4, 0.5) is 0 Å². The summed E-state index contributed by atoms with van der Waals surface area (Å²) in [5.74, 6) is 0.439. The lowest BCUT2D eigenvalue weighted by atomic mass is 9.75. The Labute approximate surface area is 172 Å². The average molecular weight is 392 g/mol. The van der Waals surface area contributed by atoms with Gasteiger partial charge in [0.05, 0.1) is 0 Å². The molecule has 2 aromatic carbocycles. The largest absolute Gasteiger partial charge is 0.455 e. The zero-order valence-corrected chi connectivity index (χ0v) is 16.8. The number of rotatable bonds is 5. The number of amides is 1. The normalized spacial score (nSPS) is 21.5. The fourth-order valence-electron chi connectivity index (χ4n) is 4.89. The van der Waals surface area contributed by atoms with Gasteiger partial charge in [-0.3, -0.25) is 9.59 Å². The molecular formula is C25H29NO3. The van der Waals surface area contributed by atoms with Crippen molar-refractivity contribution >= 4 is 11.9 Å². The highest BCUT2D eigenvalue weighted by Crippen LogP contribution is 2.36. The van der Waals surface area contributed by atoms with Gasteiger partial charge in [0.15, 0.2) is 6.61 Å². The van der Waals surface area contributed by atoms with E-state index in [1.54, 1.807) is 0 Å². The number of likely N-dealkylation sites (tertiary alicyclic amines) is 1. The molecule has 2 atom stereocenters. The summed E-state index contributed by atoms with van der Waals surface area (Å²) in [6.07, 6.45) is 6.21. The van der Waals surface area contributed by atoms with Crippen molar-refractivity contribution in [3.05, 3.63) is 71.8 Å². The Morgan fingerprint density at radius 2 is 1.45 bits per heavy atom. The topological polar surface area (TPSA) is 46.6 Å². The van der Waals surface area contributed by atoms with Crippen molar-refractivity contribution in [2.24, 2.45) is 11.8 Å². The molecule has 152 valence electrons. The van der Waals surface area contributed by atoms with Gasteiger partial charge in [-0.05, 0) is 35.8 Å². The minimum atomic E-state index is -0.519. The Morgan fingerprint density at radius 3 is 2.07 bits per heavy atom. The molecule has 4 rings (SSSR count). The van der Waals surface area contributed by atoms with E-state index in [2.05, 4.69) is 0 Å². The highest BCUT2D eigenvalue weighted by molar-refractivity contribution is 5.85. The molecule has 2 aromatic rings. The SMILES string of the molecule is O=C(OCC(=O)N1CC[C@@H]2CCCC[C@H]2C1)C(c1ccccc1)c1ccccc1. The Balaban J connectivity index is 1.40. The van der Waals surface area contributed by atoms with Gasteiger partial charge in [-0.1, -0.05) is 79.9 Å². The summed E-state index contributed by atoms with van der Waals surface area (Å²) in [5, 5.41) is 0. The van der Waals surface area contributed by atoms with E-state index in [9.17, 15) is 9.59 Å². The van der Waals surface area contributed by atoms with E-state index in [0.717, 1.165) is 36.6 Å². The molecule has 1 aliphatic heterocycles. The fraction of sp³-hybridized carbons (Fsp3) is 0.440. The van der Waals surface area contributed by atoms with Crippen LogP contribution in [0.5, 0.6) is 0 Å². The number of carbonyl (C=O) groups excluding carboxylic acids is 2. The van der Waals surface area contributed by atoms with Gasteiger partial charge in [-0.2, -0.15) is 0 Å². The summed E-state index contributed by atoms with van der Waals surface area (Å²) in [5.41, 5.74) is 1.75. The molecule has 1 saturated heterocycles. The molecule has 29 heavy (non-hydrogen) atoms. The molecule has 0 bridgehead atoms. The predicted molar refractivity (Wildman–Crippen MR) is 112 cm³/mol. The molecule has 4 heteroatoms. The highest BCUT2D eigenvalue weighted by Gasteiger charge is 2.33. The number of benzene rings is 2. The second-order valence-corrected chi connectivity index (χ2v) is 8.30. The lowest BCUT2D eigenvalue weighted by molar-refractivity contribution is -0.153. The van der Waals surface area contributed by atoms with Crippen molar-refractivity contribution in [2.75, 3.05) is 19.7 Å². The highest BCUT2D eigenvalue weighted by atomic mass is 16.5. The average Bonchev–Trinajstić information content (AvgIpc) is 2.79. The first-order valence-corrected chi connectivity index (χ1v) is 10.8. The Morgan fingerprint density at radius 1 is 0.862 bits per heavy atom.